The Morgan fingerprint density at radius 1 is 0.846 bits per heavy atom. The first-order chi connectivity index (χ1) is 18.6. The van der Waals surface area contributed by atoms with E-state index < -0.39 is 27.6 Å². The van der Waals surface area contributed by atoms with E-state index in [4.69, 9.17) is 9.47 Å². The number of methoxy groups -OCH3 is 1. The van der Waals surface area contributed by atoms with Crippen LogP contribution in [0, 0.1) is 5.82 Å². The molecule has 4 rings (SSSR count). The molecule has 11 heteroatoms. The van der Waals surface area contributed by atoms with Crippen LogP contribution in [-0.2, 0) is 35.9 Å². The predicted octanol–water partition coefficient (Wildman–Crippen LogP) is 6.22. The van der Waals surface area contributed by atoms with Gasteiger partial charge in [-0.15, -0.1) is 0 Å². The lowest BCUT2D eigenvalue weighted by Gasteiger charge is -2.23. The van der Waals surface area contributed by atoms with Crippen LogP contribution in [0.15, 0.2) is 96.2 Å². The number of hydrogen-bond acceptors (Lipinski definition) is 5. The van der Waals surface area contributed by atoms with Crippen molar-refractivity contribution in [2.45, 2.75) is 30.8 Å². The third kappa shape index (κ3) is 6.92. The zero-order valence-corrected chi connectivity index (χ0v) is 21.5. The summed E-state index contributed by atoms with van der Waals surface area (Å²) in [6.07, 6.45) is -1.57. The molecular formula is C28H24F4N2O4S. The van der Waals surface area contributed by atoms with Crippen LogP contribution in [0.3, 0.4) is 0 Å². The average molecular weight is 561 g/mol. The minimum Gasteiger partial charge on any atom is -0.493 e. The average Bonchev–Trinajstić information content (AvgIpc) is 2.92. The van der Waals surface area contributed by atoms with Gasteiger partial charge in [0.05, 0.1) is 17.6 Å². The highest BCUT2D eigenvalue weighted by Crippen LogP contribution is 2.32. The summed E-state index contributed by atoms with van der Waals surface area (Å²) in [5.41, 5.74) is 0.525. The van der Waals surface area contributed by atoms with E-state index >= 15 is 0 Å². The van der Waals surface area contributed by atoms with Crippen LogP contribution in [-0.4, -0.2) is 24.8 Å². The quantitative estimate of drug-likeness (QED) is 0.216. The number of benzene rings is 3. The highest BCUT2D eigenvalue weighted by molar-refractivity contribution is 7.89. The Balaban J connectivity index is 1.65. The van der Waals surface area contributed by atoms with Gasteiger partial charge in [-0.3, -0.25) is 4.98 Å². The molecular weight excluding hydrogens is 536 g/mol. The van der Waals surface area contributed by atoms with Crippen LogP contribution >= 0.6 is 0 Å². The van der Waals surface area contributed by atoms with Crippen LogP contribution in [0.1, 0.15) is 22.3 Å². The van der Waals surface area contributed by atoms with Crippen molar-refractivity contribution in [1.82, 2.24) is 9.29 Å². The number of pyridine rings is 1. The second-order valence-electron chi connectivity index (χ2n) is 8.52. The van der Waals surface area contributed by atoms with Crippen molar-refractivity contribution in [2.24, 2.45) is 0 Å². The molecule has 0 radical (unpaired) electrons. The van der Waals surface area contributed by atoms with Gasteiger partial charge < -0.3 is 9.47 Å². The van der Waals surface area contributed by atoms with E-state index in [0.29, 0.717) is 22.4 Å². The van der Waals surface area contributed by atoms with Gasteiger partial charge in [0.1, 0.15) is 12.4 Å². The lowest BCUT2D eigenvalue weighted by Crippen LogP contribution is -2.30. The van der Waals surface area contributed by atoms with E-state index in [1.54, 1.807) is 48.5 Å². The molecule has 0 spiro atoms. The SMILES string of the molecule is COc1ccc(CN(Cc2ccncc2)S(=O)(=O)c2ccc(C(F)(F)F)cc2)cc1OCc1ccccc1F. The van der Waals surface area contributed by atoms with Crippen molar-refractivity contribution < 1.29 is 35.5 Å². The van der Waals surface area contributed by atoms with E-state index in [9.17, 15) is 26.0 Å². The number of alkyl halides is 3. The minimum absolute atomic E-state index is 0.0661. The zero-order chi connectivity index (χ0) is 28.0. The van der Waals surface area contributed by atoms with Gasteiger partial charge in [0.15, 0.2) is 11.5 Å². The Labute approximate surface area is 223 Å². The van der Waals surface area contributed by atoms with Crippen LogP contribution in [0.5, 0.6) is 11.5 Å². The fourth-order valence-corrected chi connectivity index (χ4v) is 5.21. The Hall–Kier alpha value is -3.96. The third-order valence-electron chi connectivity index (χ3n) is 5.86. The molecule has 0 fully saturated rings. The predicted molar refractivity (Wildman–Crippen MR) is 136 cm³/mol. The maximum atomic E-state index is 14.1. The summed E-state index contributed by atoms with van der Waals surface area (Å²) >= 11 is 0. The molecule has 0 aliphatic rings. The van der Waals surface area contributed by atoms with E-state index in [2.05, 4.69) is 4.98 Å². The summed E-state index contributed by atoms with van der Waals surface area (Å²) < 4.78 is 92.6. The van der Waals surface area contributed by atoms with E-state index in [0.717, 1.165) is 28.6 Å². The molecule has 1 aromatic heterocycles. The molecule has 204 valence electrons. The van der Waals surface area contributed by atoms with Crippen molar-refractivity contribution in [3.63, 3.8) is 0 Å². The Morgan fingerprint density at radius 2 is 1.51 bits per heavy atom. The van der Waals surface area contributed by atoms with Gasteiger partial charge >= 0.3 is 6.18 Å². The molecule has 1 heterocycles. The lowest BCUT2D eigenvalue weighted by atomic mass is 10.2. The number of aromatic nitrogens is 1. The molecule has 0 amide bonds. The van der Waals surface area contributed by atoms with Gasteiger partial charge in [0.25, 0.3) is 0 Å². The van der Waals surface area contributed by atoms with Crippen molar-refractivity contribution in [2.75, 3.05) is 7.11 Å². The molecule has 4 aromatic rings. The third-order valence-corrected chi connectivity index (χ3v) is 7.66. The van der Waals surface area contributed by atoms with Gasteiger partial charge in [-0.05, 0) is 65.7 Å². The molecule has 39 heavy (non-hydrogen) atoms. The topological polar surface area (TPSA) is 68.7 Å². The smallest absolute Gasteiger partial charge is 0.416 e. The van der Waals surface area contributed by atoms with Crippen molar-refractivity contribution in [3.8, 4) is 11.5 Å². The standard InChI is InChI=1S/C28H24F4N2O4S/c1-37-26-11-6-21(16-27(26)38-19-22-4-2-3-5-25(22)29)18-34(17-20-12-14-33-15-13-20)39(35,36)24-9-7-23(8-10-24)28(30,31)32/h2-16H,17-19H2,1H3. The van der Waals surface area contributed by atoms with Crippen LogP contribution < -0.4 is 9.47 Å². The molecule has 0 aliphatic carbocycles. The summed E-state index contributed by atoms with van der Waals surface area (Å²) in [6, 6.07) is 17.6. The molecule has 0 aliphatic heterocycles. The fourth-order valence-electron chi connectivity index (χ4n) is 3.79. The second-order valence-corrected chi connectivity index (χ2v) is 10.5. The molecule has 0 bridgehead atoms. The van der Waals surface area contributed by atoms with Crippen molar-refractivity contribution in [1.29, 1.82) is 0 Å². The second kappa shape index (κ2) is 11.8. The summed E-state index contributed by atoms with van der Waals surface area (Å²) in [7, 11) is -2.78. The zero-order valence-electron chi connectivity index (χ0n) is 20.7. The van der Waals surface area contributed by atoms with Crippen molar-refractivity contribution in [3.05, 3.63) is 119 Å². The van der Waals surface area contributed by atoms with Gasteiger partial charge in [-0.25, -0.2) is 12.8 Å². The number of sulfonamides is 1. The molecule has 0 saturated heterocycles. The highest BCUT2D eigenvalue weighted by atomic mass is 32.2. The van der Waals surface area contributed by atoms with Gasteiger partial charge in [0, 0.05) is 31.0 Å². The van der Waals surface area contributed by atoms with Gasteiger partial charge in [-0.2, -0.15) is 17.5 Å². The Morgan fingerprint density at radius 3 is 2.15 bits per heavy atom. The van der Waals surface area contributed by atoms with Crippen LogP contribution in [0.2, 0.25) is 0 Å². The molecule has 0 atom stereocenters. The fraction of sp³-hybridized carbons (Fsp3) is 0.179. The van der Waals surface area contributed by atoms with E-state index in [1.165, 1.54) is 25.6 Å². The normalized spacial score (nSPS) is 11.9. The maximum absolute atomic E-state index is 14.1. The summed E-state index contributed by atoms with van der Waals surface area (Å²) in [5.74, 6) is 0.203. The molecule has 6 nitrogen and oxygen atoms in total. The number of nitrogens with zero attached hydrogens (tertiary/aromatic N) is 2. The lowest BCUT2D eigenvalue weighted by molar-refractivity contribution is -0.137. The first-order valence-electron chi connectivity index (χ1n) is 11.7. The highest BCUT2D eigenvalue weighted by Gasteiger charge is 2.32. The first kappa shape index (κ1) is 28.1. The maximum Gasteiger partial charge on any atom is 0.416 e. The Bertz CT molecular complexity index is 1510. The molecule has 0 saturated carbocycles. The molecule has 3 aromatic carbocycles. The molecule has 0 N–H and O–H groups in total. The summed E-state index contributed by atoms with van der Waals surface area (Å²) in [5, 5.41) is 0. The summed E-state index contributed by atoms with van der Waals surface area (Å²) in [4.78, 5) is 3.66. The van der Waals surface area contributed by atoms with Crippen LogP contribution in [0.4, 0.5) is 17.6 Å². The summed E-state index contributed by atoms with van der Waals surface area (Å²) in [6.45, 7) is -0.286. The largest absolute Gasteiger partial charge is 0.493 e. The molecule has 0 unspecified atom stereocenters. The van der Waals surface area contributed by atoms with Gasteiger partial charge in [0.2, 0.25) is 10.0 Å². The number of halogens is 4. The van der Waals surface area contributed by atoms with E-state index in [-0.39, 0.29) is 30.3 Å². The monoisotopic (exact) mass is 560 g/mol. The Kier molecular flexibility index (Phi) is 8.51. The number of hydrogen-bond donors (Lipinski definition) is 0. The minimum atomic E-state index is -4.60. The van der Waals surface area contributed by atoms with Crippen molar-refractivity contribution >= 4 is 10.0 Å². The number of ether oxygens (including phenoxy) is 2. The van der Waals surface area contributed by atoms with Gasteiger partial charge in [-0.1, -0.05) is 24.3 Å². The number of rotatable bonds is 10. The van der Waals surface area contributed by atoms with Crippen LogP contribution in [0.25, 0.3) is 0 Å². The first-order valence-corrected chi connectivity index (χ1v) is 13.1. The van der Waals surface area contributed by atoms with E-state index in [1.807, 2.05) is 0 Å².